The van der Waals surface area contributed by atoms with Crippen molar-refractivity contribution < 1.29 is 9.53 Å². The fraction of sp³-hybridized carbons (Fsp3) is 0.786. The van der Waals surface area contributed by atoms with Gasteiger partial charge in [-0.25, -0.2) is 4.79 Å². The number of esters is 1. The Morgan fingerprint density at radius 3 is 2.44 bits per heavy atom. The lowest BCUT2D eigenvalue weighted by molar-refractivity contribution is -0.139. The predicted octanol–water partition coefficient (Wildman–Crippen LogP) is 3.71. The van der Waals surface area contributed by atoms with Gasteiger partial charge in [0.25, 0.3) is 0 Å². The molecule has 1 rings (SSSR count). The first-order valence-corrected chi connectivity index (χ1v) is 6.54. The standard InChI is InChI=1S/C14H24O2/c1-4-16-14(15)13(11(2)3)10-12-8-6-5-7-9-12/h10-12H,4-9H2,1-3H3/b13-10-. The molecule has 2 nitrogen and oxygen atoms in total. The highest BCUT2D eigenvalue weighted by Crippen LogP contribution is 2.27. The molecule has 0 amide bonds. The molecule has 0 aromatic heterocycles. The first-order valence-electron chi connectivity index (χ1n) is 6.54. The molecule has 0 saturated heterocycles. The van der Waals surface area contributed by atoms with Gasteiger partial charge in [-0.2, -0.15) is 0 Å². The Balaban J connectivity index is 2.67. The van der Waals surface area contributed by atoms with E-state index in [0.717, 1.165) is 5.57 Å². The zero-order valence-electron chi connectivity index (χ0n) is 10.8. The molecule has 1 fully saturated rings. The van der Waals surface area contributed by atoms with Crippen LogP contribution in [0.2, 0.25) is 0 Å². The van der Waals surface area contributed by atoms with Gasteiger partial charge in [0.1, 0.15) is 0 Å². The van der Waals surface area contributed by atoms with Gasteiger partial charge in [-0.15, -0.1) is 0 Å². The van der Waals surface area contributed by atoms with E-state index >= 15 is 0 Å². The number of allylic oxidation sites excluding steroid dienone is 1. The van der Waals surface area contributed by atoms with Gasteiger partial charge in [0.15, 0.2) is 0 Å². The van der Waals surface area contributed by atoms with Crippen LogP contribution in [0.25, 0.3) is 0 Å². The van der Waals surface area contributed by atoms with Crippen LogP contribution in [0.4, 0.5) is 0 Å². The third kappa shape index (κ3) is 3.99. The average molecular weight is 224 g/mol. The van der Waals surface area contributed by atoms with Crippen LogP contribution in [-0.2, 0) is 9.53 Å². The maximum absolute atomic E-state index is 11.8. The van der Waals surface area contributed by atoms with Crippen molar-refractivity contribution in [2.45, 2.75) is 52.9 Å². The molecular weight excluding hydrogens is 200 g/mol. The molecule has 92 valence electrons. The lowest BCUT2D eigenvalue weighted by Gasteiger charge is -2.20. The fourth-order valence-corrected chi connectivity index (χ4v) is 2.27. The Hall–Kier alpha value is -0.790. The van der Waals surface area contributed by atoms with Crippen molar-refractivity contribution in [3.8, 4) is 0 Å². The summed E-state index contributed by atoms with van der Waals surface area (Å²) in [5.74, 6) is 0.736. The zero-order valence-corrected chi connectivity index (χ0v) is 10.8. The summed E-state index contributed by atoms with van der Waals surface area (Å²) >= 11 is 0. The molecule has 0 aliphatic heterocycles. The van der Waals surface area contributed by atoms with E-state index in [-0.39, 0.29) is 11.9 Å². The molecule has 16 heavy (non-hydrogen) atoms. The largest absolute Gasteiger partial charge is 0.463 e. The Labute approximate surface area is 99.1 Å². The number of ether oxygens (including phenoxy) is 1. The normalized spacial score (nSPS) is 18.9. The van der Waals surface area contributed by atoms with Gasteiger partial charge in [0.05, 0.1) is 6.61 Å². The van der Waals surface area contributed by atoms with Crippen LogP contribution in [0.3, 0.4) is 0 Å². The second-order valence-corrected chi connectivity index (χ2v) is 4.90. The molecule has 0 N–H and O–H groups in total. The van der Waals surface area contributed by atoms with Crippen molar-refractivity contribution in [3.63, 3.8) is 0 Å². The Kier molecular flexibility index (Phi) is 5.58. The SMILES string of the molecule is CCOC(=O)/C(=C\C1CCCCC1)C(C)C. The molecule has 0 spiro atoms. The molecular formula is C14H24O2. The van der Waals surface area contributed by atoms with Crippen molar-refractivity contribution in [2.75, 3.05) is 6.61 Å². The van der Waals surface area contributed by atoms with E-state index in [0.29, 0.717) is 12.5 Å². The van der Waals surface area contributed by atoms with Gasteiger partial charge >= 0.3 is 5.97 Å². The maximum atomic E-state index is 11.8. The number of hydrogen-bond acceptors (Lipinski definition) is 2. The van der Waals surface area contributed by atoms with Crippen LogP contribution in [0.5, 0.6) is 0 Å². The molecule has 0 aromatic rings. The molecule has 0 radical (unpaired) electrons. The van der Waals surface area contributed by atoms with Crippen LogP contribution < -0.4 is 0 Å². The van der Waals surface area contributed by atoms with Crippen LogP contribution >= 0.6 is 0 Å². The minimum atomic E-state index is -0.122. The summed E-state index contributed by atoms with van der Waals surface area (Å²) in [7, 11) is 0. The molecule has 0 atom stereocenters. The van der Waals surface area contributed by atoms with E-state index in [4.69, 9.17) is 4.74 Å². The highest BCUT2D eigenvalue weighted by Gasteiger charge is 2.18. The van der Waals surface area contributed by atoms with Crippen molar-refractivity contribution in [2.24, 2.45) is 11.8 Å². The van der Waals surface area contributed by atoms with Gasteiger partial charge in [0.2, 0.25) is 0 Å². The summed E-state index contributed by atoms with van der Waals surface area (Å²) in [6.07, 6.45) is 8.58. The Morgan fingerprint density at radius 2 is 1.94 bits per heavy atom. The van der Waals surface area contributed by atoms with E-state index in [1.165, 1.54) is 32.1 Å². The highest BCUT2D eigenvalue weighted by molar-refractivity contribution is 5.88. The Morgan fingerprint density at radius 1 is 1.31 bits per heavy atom. The molecule has 0 heterocycles. The monoisotopic (exact) mass is 224 g/mol. The highest BCUT2D eigenvalue weighted by atomic mass is 16.5. The minimum Gasteiger partial charge on any atom is -0.463 e. The third-order valence-corrected chi connectivity index (χ3v) is 3.20. The molecule has 1 aliphatic rings. The summed E-state index contributed by atoms with van der Waals surface area (Å²) in [5, 5.41) is 0. The summed E-state index contributed by atoms with van der Waals surface area (Å²) in [6, 6.07) is 0. The van der Waals surface area contributed by atoms with Crippen LogP contribution in [0.15, 0.2) is 11.6 Å². The summed E-state index contributed by atoms with van der Waals surface area (Å²) < 4.78 is 5.10. The summed E-state index contributed by atoms with van der Waals surface area (Å²) in [5.41, 5.74) is 0.869. The number of carbonyl (C=O) groups excluding carboxylic acids is 1. The molecule has 2 heteroatoms. The van der Waals surface area contributed by atoms with Crippen molar-refractivity contribution >= 4 is 5.97 Å². The molecule has 1 aliphatic carbocycles. The van der Waals surface area contributed by atoms with E-state index in [2.05, 4.69) is 19.9 Å². The molecule has 1 saturated carbocycles. The maximum Gasteiger partial charge on any atom is 0.333 e. The van der Waals surface area contributed by atoms with E-state index < -0.39 is 0 Å². The second-order valence-electron chi connectivity index (χ2n) is 4.90. The van der Waals surface area contributed by atoms with Gasteiger partial charge in [-0.3, -0.25) is 0 Å². The molecule has 0 unspecified atom stereocenters. The number of rotatable bonds is 4. The predicted molar refractivity (Wildman–Crippen MR) is 66.1 cm³/mol. The lowest BCUT2D eigenvalue weighted by atomic mass is 9.86. The Bertz CT molecular complexity index is 247. The zero-order chi connectivity index (χ0) is 12.0. The minimum absolute atomic E-state index is 0.122. The van der Waals surface area contributed by atoms with E-state index in [1.54, 1.807) is 0 Å². The van der Waals surface area contributed by atoms with Crippen LogP contribution in [-0.4, -0.2) is 12.6 Å². The smallest absolute Gasteiger partial charge is 0.333 e. The average Bonchev–Trinajstić information content (AvgIpc) is 2.27. The van der Waals surface area contributed by atoms with E-state index in [9.17, 15) is 4.79 Å². The quantitative estimate of drug-likeness (QED) is 0.537. The second kappa shape index (κ2) is 6.72. The van der Waals surface area contributed by atoms with Crippen LogP contribution in [0.1, 0.15) is 52.9 Å². The van der Waals surface area contributed by atoms with Crippen molar-refractivity contribution in [1.29, 1.82) is 0 Å². The molecule has 0 bridgehead atoms. The number of hydrogen-bond donors (Lipinski definition) is 0. The summed E-state index contributed by atoms with van der Waals surface area (Å²) in [4.78, 5) is 11.8. The van der Waals surface area contributed by atoms with E-state index in [1.807, 2.05) is 6.92 Å². The number of carbonyl (C=O) groups is 1. The topological polar surface area (TPSA) is 26.3 Å². The van der Waals surface area contributed by atoms with Crippen molar-refractivity contribution in [1.82, 2.24) is 0 Å². The fourth-order valence-electron chi connectivity index (χ4n) is 2.27. The van der Waals surface area contributed by atoms with Gasteiger partial charge in [-0.1, -0.05) is 39.2 Å². The first-order chi connectivity index (χ1) is 7.65. The van der Waals surface area contributed by atoms with Gasteiger partial charge in [-0.05, 0) is 31.6 Å². The first kappa shape index (κ1) is 13.3. The van der Waals surface area contributed by atoms with Gasteiger partial charge < -0.3 is 4.74 Å². The van der Waals surface area contributed by atoms with Crippen LogP contribution in [0, 0.1) is 11.8 Å². The van der Waals surface area contributed by atoms with Crippen molar-refractivity contribution in [3.05, 3.63) is 11.6 Å². The van der Waals surface area contributed by atoms with Gasteiger partial charge in [0, 0.05) is 5.57 Å². The third-order valence-electron chi connectivity index (χ3n) is 3.20. The molecule has 0 aromatic carbocycles. The lowest BCUT2D eigenvalue weighted by Crippen LogP contribution is -2.15. The summed E-state index contributed by atoms with van der Waals surface area (Å²) in [6.45, 7) is 6.45.